The Bertz CT molecular complexity index is 818. The van der Waals surface area contributed by atoms with Crippen LogP contribution in [-0.4, -0.2) is 9.55 Å². The third-order valence-corrected chi connectivity index (χ3v) is 3.51. The molecule has 0 aliphatic heterocycles. The molecule has 0 saturated heterocycles. The molecule has 2 aromatic heterocycles. The predicted molar refractivity (Wildman–Crippen MR) is 77.9 cm³/mol. The fourth-order valence-electron chi connectivity index (χ4n) is 2.45. The van der Waals surface area contributed by atoms with Crippen molar-refractivity contribution in [2.45, 2.75) is 32.7 Å². The highest BCUT2D eigenvalue weighted by Gasteiger charge is 2.18. The van der Waals surface area contributed by atoms with Gasteiger partial charge >= 0.3 is 5.69 Å². The number of fused-ring (bicyclic) bond motifs is 3. The van der Waals surface area contributed by atoms with E-state index in [-0.39, 0.29) is 11.3 Å². The van der Waals surface area contributed by atoms with Gasteiger partial charge in [0.05, 0.1) is 0 Å². The number of aromatic nitrogens is 2. The first-order valence-corrected chi connectivity index (χ1v) is 6.84. The lowest BCUT2D eigenvalue weighted by Gasteiger charge is -2.03. The molecule has 0 fully saturated rings. The standard InChI is InChI=1S/C15H16N2O3/c1-2-3-9-17-14(18)12-10-7-5-4-6-8-11(10)20-13(12)16-15(17)19/h4-6,8H,2-3,7,9H2,1H3,(H,16,19). The van der Waals surface area contributed by atoms with Crippen LogP contribution in [-0.2, 0) is 13.0 Å². The van der Waals surface area contributed by atoms with Gasteiger partial charge in [0.15, 0.2) is 0 Å². The molecule has 20 heavy (non-hydrogen) atoms. The Kier molecular flexibility index (Phi) is 3.18. The van der Waals surface area contributed by atoms with E-state index in [0.717, 1.165) is 18.4 Å². The monoisotopic (exact) mass is 272 g/mol. The molecule has 0 atom stereocenters. The predicted octanol–water partition coefficient (Wildman–Crippen LogP) is 2.21. The van der Waals surface area contributed by atoms with Crippen LogP contribution in [0.1, 0.15) is 31.1 Å². The third kappa shape index (κ3) is 1.95. The van der Waals surface area contributed by atoms with Gasteiger partial charge in [-0.3, -0.25) is 14.3 Å². The van der Waals surface area contributed by atoms with Crippen LogP contribution in [0.15, 0.2) is 32.2 Å². The van der Waals surface area contributed by atoms with Gasteiger partial charge in [0.1, 0.15) is 11.1 Å². The van der Waals surface area contributed by atoms with Crippen molar-refractivity contribution in [3.8, 4) is 0 Å². The molecule has 0 amide bonds. The summed E-state index contributed by atoms with van der Waals surface area (Å²) in [6.45, 7) is 2.46. The van der Waals surface area contributed by atoms with Crippen LogP contribution in [0.5, 0.6) is 0 Å². The van der Waals surface area contributed by atoms with Gasteiger partial charge in [-0.15, -0.1) is 0 Å². The van der Waals surface area contributed by atoms with Crippen LogP contribution in [0.3, 0.4) is 0 Å². The minimum absolute atomic E-state index is 0.258. The molecule has 0 bridgehead atoms. The van der Waals surface area contributed by atoms with E-state index in [1.807, 2.05) is 31.2 Å². The van der Waals surface area contributed by atoms with E-state index in [4.69, 9.17) is 4.42 Å². The number of hydrogen-bond donors (Lipinski definition) is 1. The van der Waals surface area contributed by atoms with Crippen LogP contribution < -0.4 is 11.2 Å². The van der Waals surface area contributed by atoms with Crippen molar-refractivity contribution in [3.05, 3.63) is 50.4 Å². The highest BCUT2D eigenvalue weighted by atomic mass is 16.3. The number of aromatic amines is 1. The zero-order valence-electron chi connectivity index (χ0n) is 11.3. The first-order valence-electron chi connectivity index (χ1n) is 6.84. The van der Waals surface area contributed by atoms with E-state index in [9.17, 15) is 9.59 Å². The molecule has 104 valence electrons. The lowest BCUT2D eigenvalue weighted by molar-refractivity contribution is 0.562. The summed E-state index contributed by atoms with van der Waals surface area (Å²) in [4.78, 5) is 27.2. The number of nitrogens with zero attached hydrogens (tertiary/aromatic N) is 1. The summed E-state index contributed by atoms with van der Waals surface area (Å²) in [5.74, 6) is 0.644. The van der Waals surface area contributed by atoms with E-state index < -0.39 is 5.69 Å². The number of H-pyrrole nitrogens is 1. The maximum absolute atomic E-state index is 12.5. The molecular formula is C15H16N2O3. The van der Waals surface area contributed by atoms with Gasteiger partial charge in [-0.25, -0.2) is 4.79 Å². The quantitative estimate of drug-likeness (QED) is 0.931. The SMILES string of the molecule is CCCCn1c(=O)[nH]c2oc3c(c2c1=O)CC=CC=C3. The average Bonchev–Trinajstić information content (AvgIpc) is 2.61. The van der Waals surface area contributed by atoms with E-state index in [1.165, 1.54) is 4.57 Å². The fourth-order valence-corrected chi connectivity index (χ4v) is 2.45. The minimum Gasteiger partial charge on any atom is -0.440 e. The Labute approximate surface area is 115 Å². The summed E-state index contributed by atoms with van der Waals surface area (Å²) < 4.78 is 6.86. The largest absolute Gasteiger partial charge is 0.440 e. The second-order valence-corrected chi connectivity index (χ2v) is 4.88. The second-order valence-electron chi connectivity index (χ2n) is 4.88. The van der Waals surface area contributed by atoms with Crippen LogP contribution in [0, 0.1) is 0 Å². The Morgan fingerprint density at radius 3 is 3.00 bits per heavy atom. The summed E-state index contributed by atoms with van der Waals surface area (Å²) >= 11 is 0. The highest BCUT2D eigenvalue weighted by Crippen LogP contribution is 2.24. The number of nitrogens with one attached hydrogen (secondary N) is 1. The molecule has 0 aromatic carbocycles. The topological polar surface area (TPSA) is 68.0 Å². The molecule has 0 spiro atoms. The maximum atomic E-state index is 12.5. The smallest absolute Gasteiger partial charge is 0.331 e. The Hall–Kier alpha value is -2.30. The lowest BCUT2D eigenvalue weighted by atomic mass is 10.1. The van der Waals surface area contributed by atoms with E-state index >= 15 is 0 Å². The number of unbranched alkanes of at least 4 members (excludes halogenated alkanes) is 1. The molecule has 2 heterocycles. The molecule has 5 heteroatoms. The number of furan rings is 1. The second kappa shape index (κ2) is 5.00. The summed E-state index contributed by atoms with van der Waals surface area (Å²) in [5.41, 5.74) is 0.458. The first kappa shape index (κ1) is 12.7. The number of allylic oxidation sites excluding steroid dienone is 3. The summed E-state index contributed by atoms with van der Waals surface area (Å²) in [5, 5.41) is 0.493. The Morgan fingerprint density at radius 1 is 1.35 bits per heavy atom. The molecule has 0 unspecified atom stereocenters. The minimum atomic E-state index is -0.403. The molecule has 0 radical (unpaired) electrons. The molecule has 3 rings (SSSR count). The van der Waals surface area contributed by atoms with Crippen molar-refractivity contribution in [2.75, 3.05) is 0 Å². The van der Waals surface area contributed by atoms with Gasteiger partial charge in [-0.1, -0.05) is 31.6 Å². The van der Waals surface area contributed by atoms with Gasteiger partial charge in [0.25, 0.3) is 5.56 Å². The molecule has 0 saturated carbocycles. The summed E-state index contributed by atoms with van der Waals surface area (Å²) in [6.07, 6.45) is 9.92. The van der Waals surface area contributed by atoms with E-state index in [1.54, 1.807) is 0 Å². The number of hydrogen-bond acceptors (Lipinski definition) is 3. The molecule has 5 nitrogen and oxygen atoms in total. The van der Waals surface area contributed by atoms with Crippen LogP contribution in [0.25, 0.3) is 17.2 Å². The Morgan fingerprint density at radius 2 is 2.20 bits per heavy atom. The van der Waals surface area contributed by atoms with Crippen molar-refractivity contribution in [3.63, 3.8) is 0 Å². The maximum Gasteiger partial charge on any atom is 0.331 e. The van der Waals surface area contributed by atoms with Crippen molar-refractivity contribution >= 4 is 17.2 Å². The highest BCUT2D eigenvalue weighted by molar-refractivity contribution is 5.81. The lowest BCUT2D eigenvalue weighted by Crippen LogP contribution is -2.35. The van der Waals surface area contributed by atoms with Gasteiger partial charge in [-0.05, 0) is 18.9 Å². The summed E-state index contributed by atoms with van der Waals surface area (Å²) in [7, 11) is 0. The van der Waals surface area contributed by atoms with Crippen molar-refractivity contribution in [2.24, 2.45) is 0 Å². The van der Waals surface area contributed by atoms with E-state index in [2.05, 4.69) is 4.98 Å². The van der Waals surface area contributed by atoms with Crippen LogP contribution in [0.2, 0.25) is 0 Å². The fraction of sp³-hybridized carbons (Fsp3) is 0.333. The van der Waals surface area contributed by atoms with E-state index in [0.29, 0.717) is 24.1 Å². The van der Waals surface area contributed by atoms with Crippen LogP contribution >= 0.6 is 0 Å². The van der Waals surface area contributed by atoms with Gasteiger partial charge < -0.3 is 4.42 Å². The van der Waals surface area contributed by atoms with Gasteiger partial charge in [0.2, 0.25) is 5.71 Å². The zero-order valence-corrected chi connectivity index (χ0v) is 11.3. The molecule has 2 aromatic rings. The zero-order chi connectivity index (χ0) is 14.1. The van der Waals surface area contributed by atoms with Crippen molar-refractivity contribution in [1.82, 2.24) is 9.55 Å². The molecule has 1 N–H and O–H groups in total. The molecular weight excluding hydrogens is 256 g/mol. The van der Waals surface area contributed by atoms with Crippen molar-refractivity contribution < 1.29 is 4.42 Å². The summed E-state index contributed by atoms with van der Waals surface area (Å²) in [6, 6.07) is 0. The third-order valence-electron chi connectivity index (χ3n) is 3.51. The van der Waals surface area contributed by atoms with Gasteiger partial charge in [-0.2, -0.15) is 0 Å². The van der Waals surface area contributed by atoms with Gasteiger partial charge in [0, 0.05) is 12.1 Å². The average molecular weight is 272 g/mol. The first-order chi connectivity index (χ1) is 9.72. The Balaban J connectivity index is 2.28. The normalized spacial score (nSPS) is 13.7. The molecule has 1 aliphatic rings. The molecule has 1 aliphatic carbocycles. The number of rotatable bonds is 3. The van der Waals surface area contributed by atoms with Crippen LogP contribution in [0.4, 0.5) is 0 Å². The van der Waals surface area contributed by atoms with Crippen molar-refractivity contribution in [1.29, 1.82) is 0 Å².